The smallest absolute Gasteiger partial charge is 0.250 e. The highest BCUT2D eigenvalue weighted by Crippen LogP contribution is 2.23. The van der Waals surface area contributed by atoms with Gasteiger partial charge >= 0.3 is 0 Å². The van der Waals surface area contributed by atoms with Crippen LogP contribution in [0.4, 0.5) is 11.4 Å². The number of nitrogen functional groups attached to an aromatic ring is 1. The monoisotopic (exact) mass is 271 g/mol. The zero-order valence-electron chi connectivity index (χ0n) is 11.2. The molecule has 5 nitrogen and oxygen atoms in total. The van der Waals surface area contributed by atoms with Gasteiger partial charge in [-0.1, -0.05) is 18.2 Å². The quantitative estimate of drug-likeness (QED) is 0.725. The fraction of sp³-hybridized carbons (Fsp3) is 0.133. The number of nitrogens with two attached hydrogens (primary N) is 2. The molecule has 20 heavy (non-hydrogen) atoms. The lowest BCUT2D eigenvalue weighted by Crippen LogP contribution is -2.14. The largest absolute Gasteiger partial charge is 0.497 e. The normalized spacial score (nSPS) is 10.1. The van der Waals surface area contributed by atoms with Crippen molar-refractivity contribution in [2.45, 2.75) is 6.54 Å². The van der Waals surface area contributed by atoms with Crippen LogP contribution in [-0.4, -0.2) is 13.0 Å². The molecule has 0 atom stereocenters. The summed E-state index contributed by atoms with van der Waals surface area (Å²) < 4.78 is 5.10. The molecule has 0 fully saturated rings. The lowest BCUT2D eigenvalue weighted by molar-refractivity contribution is 0.100. The number of amides is 1. The van der Waals surface area contributed by atoms with Crippen molar-refractivity contribution in [3.05, 3.63) is 53.6 Å². The Morgan fingerprint density at radius 1 is 1.20 bits per heavy atom. The summed E-state index contributed by atoms with van der Waals surface area (Å²) in [7, 11) is 1.63. The van der Waals surface area contributed by atoms with Gasteiger partial charge in [-0.05, 0) is 29.8 Å². The average Bonchev–Trinajstić information content (AvgIpc) is 2.46. The maximum Gasteiger partial charge on any atom is 0.250 e. The van der Waals surface area contributed by atoms with Crippen LogP contribution >= 0.6 is 0 Å². The Balaban J connectivity index is 2.10. The molecule has 5 N–H and O–H groups in total. The van der Waals surface area contributed by atoms with E-state index in [2.05, 4.69) is 5.32 Å². The van der Waals surface area contributed by atoms with Crippen molar-refractivity contribution in [3.63, 3.8) is 0 Å². The van der Waals surface area contributed by atoms with Crippen LogP contribution in [0.5, 0.6) is 5.75 Å². The molecule has 0 saturated heterocycles. The maximum atomic E-state index is 11.2. The highest BCUT2D eigenvalue weighted by molar-refractivity contribution is 6.00. The van der Waals surface area contributed by atoms with Crippen LogP contribution in [0.3, 0.4) is 0 Å². The van der Waals surface area contributed by atoms with Crippen LogP contribution in [-0.2, 0) is 6.54 Å². The molecule has 0 unspecified atom stereocenters. The number of benzene rings is 2. The maximum absolute atomic E-state index is 11.2. The average molecular weight is 271 g/mol. The Morgan fingerprint density at radius 2 is 1.90 bits per heavy atom. The highest BCUT2D eigenvalue weighted by atomic mass is 16.5. The van der Waals surface area contributed by atoms with Crippen LogP contribution in [0.2, 0.25) is 0 Å². The van der Waals surface area contributed by atoms with Crippen molar-refractivity contribution in [2.75, 3.05) is 18.2 Å². The first-order valence-electron chi connectivity index (χ1n) is 6.17. The first-order chi connectivity index (χ1) is 9.61. The van der Waals surface area contributed by atoms with Crippen LogP contribution in [0, 0.1) is 0 Å². The van der Waals surface area contributed by atoms with Crippen LogP contribution < -0.4 is 21.5 Å². The van der Waals surface area contributed by atoms with Crippen molar-refractivity contribution in [3.8, 4) is 5.75 Å². The third kappa shape index (κ3) is 3.00. The van der Waals surface area contributed by atoms with Gasteiger partial charge in [0.05, 0.1) is 24.0 Å². The van der Waals surface area contributed by atoms with Crippen LogP contribution in [0.1, 0.15) is 15.9 Å². The number of carbonyl (C=O) groups is 1. The van der Waals surface area contributed by atoms with E-state index >= 15 is 0 Å². The van der Waals surface area contributed by atoms with E-state index in [0.29, 0.717) is 23.5 Å². The molecule has 0 aliphatic rings. The van der Waals surface area contributed by atoms with E-state index in [0.717, 1.165) is 11.3 Å². The van der Waals surface area contributed by atoms with Gasteiger partial charge in [0.1, 0.15) is 5.75 Å². The van der Waals surface area contributed by atoms with E-state index < -0.39 is 5.91 Å². The van der Waals surface area contributed by atoms with Gasteiger partial charge in [-0.3, -0.25) is 4.79 Å². The van der Waals surface area contributed by atoms with Gasteiger partial charge in [-0.15, -0.1) is 0 Å². The van der Waals surface area contributed by atoms with E-state index in [1.165, 1.54) is 0 Å². The number of hydrogen-bond acceptors (Lipinski definition) is 4. The molecule has 0 bridgehead atoms. The van der Waals surface area contributed by atoms with Crippen LogP contribution in [0.25, 0.3) is 0 Å². The minimum absolute atomic E-state index is 0.324. The summed E-state index contributed by atoms with van der Waals surface area (Å²) in [5.74, 6) is 0.277. The number of hydrogen-bond donors (Lipinski definition) is 3. The second-order valence-corrected chi connectivity index (χ2v) is 4.33. The Labute approximate surface area is 117 Å². The van der Waals surface area contributed by atoms with Gasteiger partial charge in [0, 0.05) is 6.54 Å². The van der Waals surface area contributed by atoms with Gasteiger partial charge in [-0.25, -0.2) is 0 Å². The van der Waals surface area contributed by atoms with Crippen molar-refractivity contribution >= 4 is 17.3 Å². The summed E-state index contributed by atoms with van der Waals surface area (Å²) in [5, 5.41) is 3.19. The second kappa shape index (κ2) is 5.97. The third-order valence-corrected chi connectivity index (χ3v) is 3.01. The van der Waals surface area contributed by atoms with E-state index in [1.807, 2.05) is 30.3 Å². The molecule has 2 rings (SSSR count). The third-order valence-electron chi connectivity index (χ3n) is 3.01. The molecule has 0 aromatic heterocycles. The van der Waals surface area contributed by atoms with Gasteiger partial charge < -0.3 is 21.5 Å². The Kier molecular flexibility index (Phi) is 4.10. The first kappa shape index (κ1) is 13.7. The second-order valence-electron chi connectivity index (χ2n) is 4.33. The number of rotatable bonds is 5. The lowest BCUT2D eigenvalue weighted by Gasteiger charge is -2.11. The molecule has 0 saturated carbocycles. The SMILES string of the molecule is COc1ccc(CNc2cccc(C(N)=O)c2N)cc1. The summed E-state index contributed by atoms with van der Waals surface area (Å²) in [6.45, 7) is 0.594. The van der Waals surface area contributed by atoms with Gasteiger partial charge in [0.2, 0.25) is 0 Å². The Bertz CT molecular complexity index is 609. The molecule has 0 aliphatic heterocycles. The summed E-state index contributed by atoms with van der Waals surface area (Å²) in [4.78, 5) is 11.2. The predicted octanol–water partition coefficient (Wildman–Crippen LogP) is 1.99. The Morgan fingerprint density at radius 3 is 2.50 bits per heavy atom. The minimum atomic E-state index is -0.532. The zero-order chi connectivity index (χ0) is 14.5. The molecule has 1 amide bonds. The lowest BCUT2D eigenvalue weighted by atomic mass is 10.1. The van der Waals surface area contributed by atoms with Gasteiger partial charge in [0.25, 0.3) is 5.91 Å². The molecule has 0 heterocycles. The molecule has 0 radical (unpaired) electrons. The number of para-hydroxylation sites is 1. The number of carbonyl (C=O) groups excluding carboxylic acids is 1. The van der Waals surface area contributed by atoms with Gasteiger partial charge in [-0.2, -0.15) is 0 Å². The Hall–Kier alpha value is -2.69. The summed E-state index contributed by atoms with van der Waals surface area (Å²) in [6, 6.07) is 12.9. The first-order valence-corrected chi connectivity index (χ1v) is 6.17. The van der Waals surface area contributed by atoms with Crippen LogP contribution in [0.15, 0.2) is 42.5 Å². The topological polar surface area (TPSA) is 90.4 Å². The summed E-state index contributed by atoms with van der Waals surface area (Å²) in [6.07, 6.45) is 0. The predicted molar refractivity (Wildman–Crippen MR) is 79.7 cm³/mol. The molecule has 0 aliphatic carbocycles. The number of primary amides is 1. The van der Waals surface area contributed by atoms with Crippen molar-refractivity contribution in [2.24, 2.45) is 5.73 Å². The molecule has 0 spiro atoms. The van der Waals surface area contributed by atoms with E-state index in [-0.39, 0.29) is 0 Å². The van der Waals surface area contributed by atoms with Crippen molar-refractivity contribution in [1.29, 1.82) is 0 Å². The fourth-order valence-corrected chi connectivity index (χ4v) is 1.87. The van der Waals surface area contributed by atoms with E-state index in [9.17, 15) is 4.79 Å². The summed E-state index contributed by atoms with van der Waals surface area (Å²) in [5.41, 5.74) is 13.6. The molecule has 5 heteroatoms. The fourth-order valence-electron chi connectivity index (χ4n) is 1.87. The highest BCUT2D eigenvalue weighted by Gasteiger charge is 2.08. The molecular formula is C15H17N3O2. The number of nitrogens with one attached hydrogen (secondary N) is 1. The number of anilines is 2. The molecular weight excluding hydrogens is 254 g/mol. The summed E-state index contributed by atoms with van der Waals surface area (Å²) >= 11 is 0. The zero-order valence-corrected chi connectivity index (χ0v) is 11.2. The van der Waals surface area contributed by atoms with E-state index in [1.54, 1.807) is 19.2 Å². The van der Waals surface area contributed by atoms with E-state index in [4.69, 9.17) is 16.2 Å². The van der Waals surface area contributed by atoms with Gasteiger partial charge in [0.15, 0.2) is 0 Å². The number of ether oxygens (including phenoxy) is 1. The molecule has 2 aromatic carbocycles. The minimum Gasteiger partial charge on any atom is -0.497 e. The van der Waals surface area contributed by atoms with Crippen molar-refractivity contribution in [1.82, 2.24) is 0 Å². The molecule has 104 valence electrons. The van der Waals surface area contributed by atoms with Crippen molar-refractivity contribution < 1.29 is 9.53 Å². The molecule has 2 aromatic rings. The number of methoxy groups -OCH3 is 1. The standard InChI is InChI=1S/C15H17N3O2/c1-20-11-7-5-10(6-8-11)9-18-13-4-2-3-12(14(13)16)15(17)19/h2-8,18H,9,16H2,1H3,(H2,17,19).